The van der Waals surface area contributed by atoms with Crippen LogP contribution in [0.4, 0.5) is 0 Å². The summed E-state index contributed by atoms with van der Waals surface area (Å²) in [6.07, 6.45) is 0.844. The van der Waals surface area contributed by atoms with E-state index in [1.807, 2.05) is 19.0 Å². The van der Waals surface area contributed by atoms with Crippen molar-refractivity contribution in [2.75, 3.05) is 27.2 Å². The number of hydrogen-bond donors (Lipinski definition) is 2. The molecule has 0 aliphatic heterocycles. The number of nitrogens with zero attached hydrogens (tertiary/aromatic N) is 1. The second kappa shape index (κ2) is 9.17. The molecule has 0 fully saturated rings. The number of ketones is 2. The van der Waals surface area contributed by atoms with Crippen LogP contribution in [0.15, 0.2) is 24.3 Å². The number of Topliss-reactive ketones (excluding diaryl/α,β-unsaturated/α-hetero) is 2. The third kappa shape index (κ3) is 7.17. The Morgan fingerprint density at radius 1 is 1.17 bits per heavy atom. The van der Waals surface area contributed by atoms with E-state index < -0.39 is 5.97 Å². The first-order valence-corrected chi connectivity index (χ1v) is 7.52. The molecule has 0 unspecified atom stereocenters. The monoisotopic (exact) mass is 320 g/mol. The molecule has 0 bridgehead atoms. The van der Waals surface area contributed by atoms with E-state index in [1.165, 1.54) is 19.1 Å². The summed E-state index contributed by atoms with van der Waals surface area (Å²) in [5, 5.41) is 12.0. The molecule has 0 aromatic heterocycles. The maximum Gasteiger partial charge on any atom is 0.335 e. The van der Waals surface area contributed by atoms with E-state index >= 15 is 0 Å². The van der Waals surface area contributed by atoms with E-state index in [4.69, 9.17) is 5.11 Å². The van der Waals surface area contributed by atoms with Crippen LogP contribution in [-0.4, -0.2) is 60.8 Å². The molecule has 23 heavy (non-hydrogen) atoms. The van der Waals surface area contributed by atoms with Crippen LogP contribution >= 0.6 is 0 Å². The summed E-state index contributed by atoms with van der Waals surface area (Å²) in [5.74, 6) is -0.861. The van der Waals surface area contributed by atoms with E-state index in [0.29, 0.717) is 25.9 Å². The second-order valence-electron chi connectivity index (χ2n) is 5.85. The van der Waals surface area contributed by atoms with Gasteiger partial charge in [-0.1, -0.05) is 12.1 Å². The van der Waals surface area contributed by atoms with E-state index in [2.05, 4.69) is 5.32 Å². The van der Waals surface area contributed by atoms with Crippen LogP contribution in [0.2, 0.25) is 0 Å². The van der Waals surface area contributed by atoms with Crippen molar-refractivity contribution < 1.29 is 19.5 Å². The Bertz CT molecular complexity index is 552. The third-order valence-corrected chi connectivity index (χ3v) is 3.42. The van der Waals surface area contributed by atoms with E-state index in [1.54, 1.807) is 12.1 Å². The highest BCUT2D eigenvalue weighted by molar-refractivity contribution is 5.87. The van der Waals surface area contributed by atoms with Gasteiger partial charge in [0, 0.05) is 13.0 Å². The smallest absolute Gasteiger partial charge is 0.335 e. The van der Waals surface area contributed by atoms with Crippen LogP contribution in [0.5, 0.6) is 0 Å². The minimum absolute atomic E-state index is 0.00707. The van der Waals surface area contributed by atoms with Crippen molar-refractivity contribution in [1.82, 2.24) is 10.2 Å². The Balaban J connectivity index is 2.53. The van der Waals surface area contributed by atoms with Gasteiger partial charge in [0.25, 0.3) is 0 Å². The van der Waals surface area contributed by atoms with Crippen LogP contribution < -0.4 is 5.32 Å². The van der Waals surface area contributed by atoms with Gasteiger partial charge in [0.05, 0.1) is 18.2 Å². The van der Waals surface area contributed by atoms with Crippen molar-refractivity contribution in [2.45, 2.75) is 25.8 Å². The molecule has 0 amide bonds. The lowest BCUT2D eigenvalue weighted by molar-refractivity contribution is -0.121. The number of nitrogens with one attached hydrogen (secondary N) is 1. The zero-order valence-electron chi connectivity index (χ0n) is 13.8. The van der Waals surface area contributed by atoms with Crippen LogP contribution in [0.1, 0.15) is 29.3 Å². The van der Waals surface area contributed by atoms with Crippen molar-refractivity contribution in [3.8, 4) is 0 Å². The molecule has 0 saturated heterocycles. The van der Waals surface area contributed by atoms with E-state index in [0.717, 1.165) is 5.56 Å². The van der Waals surface area contributed by atoms with Crippen molar-refractivity contribution in [3.05, 3.63) is 35.4 Å². The summed E-state index contributed by atoms with van der Waals surface area (Å²) in [5.41, 5.74) is 1.10. The second-order valence-corrected chi connectivity index (χ2v) is 5.85. The van der Waals surface area contributed by atoms with Crippen molar-refractivity contribution >= 4 is 17.5 Å². The fourth-order valence-corrected chi connectivity index (χ4v) is 2.20. The Morgan fingerprint density at radius 2 is 1.78 bits per heavy atom. The van der Waals surface area contributed by atoms with E-state index in [9.17, 15) is 14.4 Å². The summed E-state index contributed by atoms with van der Waals surface area (Å²) in [4.78, 5) is 36.0. The molecule has 1 aromatic rings. The van der Waals surface area contributed by atoms with Gasteiger partial charge in [-0.25, -0.2) is 4.79 Å². The summed E-state index contributed by atoms with van der Waals surface area (Å²) in [6, 6.07) is 6.08. The highest BCUT2D eigenvalue weighted by Gasteiger charge is 2.15. The number of carbonyl (C=O) groups is 3. The molecule has 0 aliphatic rings. The topological polar surface area (TPSA) is 86.7 Å². The average molecular weight is 320 g/mol. The molecular weight excluding hydrogens is 296 g/mol. The number of benzene rings is 1. The molecular formula is C17H24N2O4. The molecule has 0 spiro atoms. The molecule has 126 valence electrons. The van der Waals surface area contributed by atoms with Gasteiger partial charge in [0.2, 0.25) is 0 Å². The first kappa shape index (κ1) is 19.0. The molecule has 1 atom stereocenters. The fraction of sp³-hybridized carbons (Fsp3) is 0.471. The Labute approximate surface area is 136 Å². The lowest BCUT2D eigenvalue weighted by atomic mass is 10.0. The van der Waals surface area contributed by atoms with Gasteiger partial charge in [-0.15, -0.1) is 0 Å². The highest BCUT2D eigenvalue weighted by atomic mass is 16.4. The molecule has 1 rings (SSSR count). The average Bonchev–Trinajstić information content (AvgIpc) is 2.45. The number of likely N-dealkylation sites (N-methyl/N-ethyl adjacent to an activating group) is 1. The normalized spacial score (nSPS) is 12.2. The minimum Gasteiger partial charge on any atom is -0.478 e. The van der Waals surface area contributed by atoms with Gasteiger partial charge in [-0.05, 0) is 45.1 Å². The van der Waals surface area contributed by atoms with Crippen LogP contribution in [0, 0.1) is 0 Å². The molecule has 0 radical (unpaired) electrons. The number of rotatable bonds is 10. The van der Waals surface area contributed by atoms with E-state index in [-0.39, 0.29) is 23.2 Å². The van der Waals surface area contributed by atoms with Crippen LogP contribution in [0.25, 0.3) is 0 Å². The SMILES string of the molecule is CC(=O)[C@H](Cc1ccc(C(=O)O)cc1)NCCC(=O)CN(C)C. The summed E-state index contributed by atoms with van der Waals surface area (Å²) in [7, 11) is 3.68. The fourth-order valence-electron chi connectivity index (χ4n) is 2.20. The summed E-state index contributed by atoms with van der Waals surface area (Å²) < 4.78 is 0. The lowest BCUT2D eigenvalue weighted by Crippen LogP contribution is -2.39. The predicted octanol–water partition coefficient (Wildman–Crippen LogP) is 0.995. The van der Waals surface area contributed by atoms with Crippen LogP contribution in [-0.2, 0) is 16.0 Å². The van der Waals surface area contributed by atoms with Gasteiger partial charge in [0.15, 0.2) is 0 Å². The minimum atomic E-state index is -0.975. The van der Waals surface area contributed by atoms with Gasteiger partial charge in [-0.3, -0.25) is 9.59 Å². The highest BCUT2D eigenvalue weighted by Crippen LogP contribution is 2.08. The first-order chi connectivity index (χ1) is 10.8. The first-order valence-electron chi connectivity index (χ1n) is 7.52. The molecule has 6 nitrogen and oxygen atoms in total. The number of aromatic carboxylic acids is 1. The van der Waals surface area contributed by atoms with Gasteiger partial charge in [-0.2, -0.15) is 0 Å². The predicted molar refractivity (Wildman–Crippen MR) is 87.8 cm³/mol. The maximum absolute atomic E-state index is 11.7. The molecule has 0 aliphatic carbocycles. The molecule has 1 aromatic carbocycles. The third-order valence-electron chi connectivity index (χ3n) is 3.42. The lowest BCUT2D eigenvalue weighted by Gasteiger charge is -2.16. The quantitative estimate of drug-likeness (QED) is 0.669. The van der Waals surface area contributed by atoms with Crippen LogP contribution in [0.3, 0.4) is 0 Å². The molecule has 0 heterocycles. The van der Waals surface area contributed by atoms with Gasteiger partial charge < -0.3 is 15.3 Å². The molecule has 6 heteroatoms. The van der Waals surface area contributed by atoms with Gasteiger partial charge >= 0.3 is 5.97 Å². The maximum atomic E-state index is 11.7. The summed E-state index contributed by atoms with van der Waals surface area (Å²) >= 11 is 0. The van der Waals surface area contributed by atoms with Crippen molar-refractivity contribution in [3.63, 3.8) is 0 Å². The number of carboxylic acids is 1. The molecule has 2 N–H and O–H groups in total. The molecule has 0 saturated carbocycles. The van der Waals surface area contributed by atoms with Crippen molar-refractivity contribution in [1.29, 1.82) is 0 Å². The van der Waals surface area contributed by atoms with Gasteiger partial charge in [0.1, 0.15) is 11.6 Å². The summed E-state index contributed by atoms with van der Waals surface area (Å²) in [6.45, 7) is 2.35. The number of carbonyl (C=O) groups excluding carboxylic acids is 2. The number of hydrogen-bond acceptors (Lipinski definition) is 5. The zero-order valence-corrected chi connectivity index (χ0v) is 13.8. The Morgan fingerprint density at radius 3 is 2.26 bits per heavy atom. The van der Waals surface area contributed by atoms with Crippen molar-refractivity contribution in [2.24, 2.45) is 0 Å². The Kier molecular flexibility index (Phi) is 7.57. The number of carboxylic acid groups (broad SMARTS) is 1. The standard InChI is InChI=1S/C17H24N2O4/c1-12(20)16(18-9-8-15(21)11-19(2)3)10-13-4-6-14(7-5-13)17(22)23/h4-7,16,18H,8-11H2,1-3H3,(H,22,23)/t16-/m0/s1. The Hall–Kier alpha value is -2.05. The zero-order chi connectivity index (χ0) is 17.4. The largest absolute Gasteiger partial charge is 0.478 e.